The van der Waals surface area contributed by atoms with Gasteiger partial charge in [0, 0.05) is 20.3 Å². The fraction of sp³-hybridized carbons (Fsp3) is 0.333. The van der Waals surface area contributed by atoms with Crippen molar-refractivity contribution in [2.75, 3.05) is 0 Å². The van der Waals surface area contributed by atoms with E-state index in [9.17, 15) is 4.79 Å². The van der Waals surface area contributed by atoms with Crippen molar-refractivity contribution in [2.24, 2.45) is 19.2 Å². The van der Waals surface area contributed by atoms with Gasteiger partial charge in [0.25, 0.3) is 5.91 Å². The van der Waals surface area contributed by atoms with E-state index in [-0.39, 0.29) is 5.91 Å². The second kappa shape index (κ2) is 5.58. The highest BCUT2D eigenvalue weighted by atomic mass is 79.9. The summed E-state index contributed by atoms with van der Waals surface area (Å²) >= 11 is 3.35. The van der Waals surface area contributed by atoms with Crippen molar-refractivity contribution >= 4 is 27.5 Å². The van der Waals surface area contributed by atoms with Crippen LogP contribution < -0.4 is 5.43 Å². The van der Waals surface area contributed by atoms with E-state index in [1.54, 1.807) is 29.5 Å². The lowest BCUT2D eigenvalue weighted by atomic mass is 10.3. The number of nitrogens with zero attached hydrogens (tertiary/aromatic N) is 5. The van der Waals surface area contributed by atoms with Crippen LogP contribution in [0.5, 0.6) is 0 Å². The Morgan fingerprint density at radius 1 is 1.40 bits per heavy atom. The SMILES string of the molecule is C/C(=N/NC(=O)c1nn(C)c(C)c1Br)c1ccnn1C. The van der Waals surface area contributed by atoms with E-state index in [1.165, 1.54) is 0 Å². The molecule has 0 bridgehead atoms. The molecule has 2 heterocycles. The fourth-order valence-corrected chi connectivity index (χ4v) is 2.22. The van der Waals surface area contributed by atoms with E-state index in [4.69, 9.17) is 0 Å². The molecule has 7 nitrogen and oxygen atoms in total. The summed E-state index contributed by atoms with van der Waals surface area (Å²) in [5.74, 6) is -0.359. The number of aromatic nitrogens is 4. The van der Waals surface area contributed by atoms with Gasteiger partial charge in [-0.05, 0) is 35.8 Å². The van der Waals surface area contributed by atoms with Crippen molar-refractivity contribution in [1.82, 2.24) is 25.0 Å². The minimum atomic E-state index is -0.359. The molecular formula is C12H15BrN6O. The van der Waals surface area contributed by atoms with Crippen LogP contribution in [0.15, 0.2) is 21.8 Å². The molecule has 2 aromatic heterocycles. The molecule has 0 atom stereocenters. The first kappa shape index (κ1) is 14.4. The molecular weight excluding hydrogens is 324 g/mol. The van der Waals surface area contributed by atoms with Gasteiger partial charge in [0.05, 0.1) is 21.6 Å². The first-order valence-electron chi connectivity index (χ1n) is 5.94. The monoisotopic (exact) mass is 338 g/mol. The molecule has 0 spiro atoms. The lowest BCUT2D eigenvalue weighted by Gasteiger charge is -2.02. The van der Waals surface area contributed by atoms with Gasteiger partial charge in [-0.3, -0.25) is 14.2 Å². The van der Waals surface area contributed by atoms with Crippen LogP contribution >= 0.6 is 15.9 Å². The van der Waals surface area contributed by atoms with Crippen LogP contribution in [0.25, 0.3) is 0 Å². The van der Waals surface area contributed by atoms with E-state index >= 15 is 0 Å². The Morgan fingerprint density at radius 3 is 2.60 bits per heavy atom. The molecule has 0 aliphatic heterocycles. The highest BCUT2D eigenvalue weighted by Crippen LogP contribution is 2.19. The van der Waals surface area contributed by atoms with Crippen LogP contribution in [0.2, 0.25) is 0 Å². The van der Waals surface area contributed by atoms with Crippen LogP contribution in [0.1, 0.15) is 28.8 Å². The van der Waals surface area contributed by atoms with Crippen molar-refractivity contribution in [3.05, 3.63) is 33.8 Å². The van der Waals surface area contributed by atoms with Gasteiger partial charge < -0.3 is 0 Å². The Balaban J connectivity index is 2.16. The number of halogens is 1. The Kier molecular flexibility index (Phi) is 4.03. The van der Waals surface area contributed by atoms with Gasteiger partial charge in [0.2, 0.25) is 0 Å². The molecule has 2 rings (SSSR count). The van der Waals surface area contributed by atoms with Crippen LogP contribution in [-0.2, 0) is 14.1 Å². The summed E-state index contributed by atoms with van der Waals surface area (Å²) in [5.41, 5.74) is 5.19. The molecule has 0 aliphatic carbocycles. The number of hydrogen-bond donors (Lipinski definition) is 1. The van der Waals surface area contributed by atoms with Crippen LogP contribution in [0.4, 0.5) is 0 Å². The fourth-order valence-electron chi connectivity index (χ4n) is 1.70. The molecule has 1 amide bonds. The van der Waals surface area contributed by atoms with E-state index < -0.39 is 0 Å². The minimum absolute atomic E-state index is 0.312. The highest BCUT2D eigenvalue weighted by molar-refractivity contribution is 9.10. The van der Waals surface area contributed by atoms with Crippen molar-refractivity contribution in [3.63, 3.8) is 0 Å². The second-order valence-electron chi connectivity index (χ2n) is 4.35. The maximum atomic E-state index is 12.0. The predicted octanol–water partition coefficient (Wildman–Crippen LogP) is 1.38. The zero-order chi connectivity index (χ0) is 14.9. The summed E-state index contributed by atoms with van der Waals surface area (Å²) in [5, 5.41) is 12.3. The quantitative estimate of drug-likeness (QED) is 0.678. The number of aryl methyl sites for hydroxylation is 2. The summed E-state index contributed by atoms with van der Waals surface area (Å²) in [6.45, 7) is 3.67. The number of hydrogen-bond acceptors (Lipinski definition) is 4. The van der Waals surface area contributed by atoms with Gasteiger partial charge in [-0.2, -0.15) is 15.3 Å². The molecule has 0 saturated heterocycles. The Labute approximate surface area is 124 Å². The number of rotatable bonds is 3. The number of carbonyl (C=O) groups excluding carboxylic acids is 1. The lowest BCUT2D eigenvalue weighted by Crippen LogP contribution is -2.21. The van der Waals surface area contributed by atoms with Gasteiger partial charge in [-0.25, -0.2) is 5.43 Å². The van der Waals surface area contributed by atoms with Crippen molar-refractivity contribution < 1.29 is 4.79 Å². The smallest absolute Gasteiger partial charge is 0.271 e. The first-order valence-corrected chi connectivity index (χ1v) is 6.73. The second-order valence-corrected chi connectivity index (χ2v) is 5.14. The highest BCUT2D eigenvalue weighted by Gasteiger charge is 2.17. The molecule has 0 saturated carbocycles. The number of carbonyl (C=O) groups is 1. The summed E-state index contributed by atoms with van der Waals surface area (Å²) < 4.78 is 3.99. The zero-order valence-electron chi connectivity index (χ0n) is 11.7. The van der Waals surface area contributed by atoms with Gasteiger partial charge in [0.1, 0.15) is 0 Å². The summed E-state index contributed by atoms with van der Waals surface area (Å²) in [6.07, 6.45) is 1.68. The molecule has 0 aromatic carbocycles. The summed E-state index contributed by atoms with van der Waals surface area (Å²) in [7, 11) is 3.59. The Bertz CT molecular complexity index is 684. The molecule has 2 aromatic rings. The Hall–Kier alpha value is -1.96. The maximum Gasteiger partial charge on any atom is 0.293 e. The average molecular weight is 339 g/mol. The Morgan fingerprint density at radius 2 is 2.10 bits per heavy atom. The van der Waals surface area contributed by atoms with E-state index in [1.807, 2.05) is 20.0 Å². The van der Waals surface area contributed by atoms with Crippen LogP contribution in [-0.4, -0.2) is 31.2 Å². The molecule has 106 valence electrons. The number of nitrogens with one attached hydrogen (secondary N) is 1. The first-order chi connectivity index (χ1) is 9.41. The van der Waals surface area contributed by atoms with Gasteiger partial charge in [-0.1, -0.05) is 0 Å². The third-order valence-electron chi connectivity index (χ3n) is 2.99. The molecule has 0 fully saturated rings. The number of amides is 1. The van der Waals surface area contributed by atoms with Gasteiger partial charge in [-0.15, -0.1) is 0 Å². The van der Waals surface area contributed by atoms with Crippen LogP contribution in [0.3, 0.4) is 0 Å². The van der Waals surface area contributed by atoms with Crippen molar-refractivity contribution in [3.8, 4) is 0 Å². The normalized spacial score (nSPS) is 11.8. The lowest BCUT2D eigenvalue weighted by molar-refractivity contribution is 0.0948. The third-order valence-corrected chi connectivity index (χ3v) is 3.94. The maximum absolute atomic E-state index is 12.0. The van der Waals surface area contributed by atoms with Crippen molar-refractivity contribution in [2.45, 2.75) is 13.8 Å². The van der Waals surface area contributed by atoms with Gasteiger partial charge in [0.15, 0.2) is 5.69 Å². The predicted molar refractivity (Wildman–Crippen MR) is 78.5 cm³/mol. The molecule has 8 heteroatoms. The largest absolute Gasteiger partial charge is 0.293 e. The summed E-state index contributed by atoms with van der Waals surface area (Å²) in [4.78, 5) is 12.0. The molecule has 20 heavy (non-hydrogen) atoms. The topological polar surface area (TPSA) is 77.1 Å². The molecule has 0 radical (unpaired) electrons. The van der Waals surface area contributed by atoms with E-state index in [2.05, 4.69) is 36.7 Å². The molecule has 0 unspecified atom stereocenters. The molecule has 1 N–H and O–H groups in total. The van der Waals surface area contributed by atoms with E-state index in [0.717, 1.165) is 11.4 Å². The van der Waals surface area contributed by atoms with Gasteiger partial charge >= 0.3 is 0 Å². The average Bonchev–Trinajstić information content (AvgIpc) is 2.95. The van der Waals surface area contributed by atoms with Crippen LogP contribution in [0, 0.1) is 6.92 Å². The standard InChI is InChI=1S/C12H15BrN6O/c1-7(9-5-6-14-19(9)4)15-16-12(20)11-10(13)8(2)18(3)17-11/h5-6H,1-4H3,(H,16,20)/b15-7-. The van der Waals surface area contributed by atoms with Crippen molar-refractivity contribution in [1.29, 1.82) is 0 Å². The number of hydrazone groups is 1. The minimum Gasteiger partial charge on any atom is -0.271 e. The summed E-state index contributed by atoms with van der Waals surface area (Å²) in [6, 6.07) is 1.83. The third kappa shape index (κ3) is 2.64. The van der Waals surface area contributed by atoms with E-state index in [0.29, 0.717) is 15.9 Å². The molecule has 0 aliphatic rings. The zero-order valence-corrected chi connectivity index (χ0v) is 13.3.